The van der Waals surface area contributed by atoms with Gasteiger partial charge in [-0.3, -0.25) is 4.99 Å². The maximum Gasteiger partial charge on any atom is 0.0787 e. The van der Waals surface area contributed by atoms with Crippen molar-refractivity contribution in [2.24, 2.45) is 4.99 Å². The average molecular weight is 179 g/mol. The van der Waals surface area contributed by atoms with E-state index in [0.717, 1.165) is 17.0 Å². The van der Waals surface area contributed by atoms with Gasteiger partial charge in [0.1, 0.15) is 0 Å². The zero-order valence-electron chi connectivity index (χ0n) is 7.41. The highest BCUT2D eigenvalue weighted by molar-refractivity contribution is 7.80. The molecule has 0 unspecified atom stereocenters. The van der Waals surface area contributed by atoms with Gasteiger partial charge in [0.05, 0.1) is 5.69 Å². The third-order valence-electron chi connectivity index (χ3n) is 1.62. The van der Waals surface area contributed by atoms with E-state index in [2.05, 4.69) is 24.5 Å². The molecule has 1 rings (SSSR count). The quantitative estimate of drug-likeness (QED) is 0.528. The van der Waals surface area contributed by atoms with Crippen LogP contribution >= 0.6 is 12.6 Å². The molecule has 0 aliphatic heterocycles. The molecule has 0 saturated heterocycles. The first kappa shape index (κ1) is 9.33. The summed E-state index contributed by atoms with van der Waals surface area (Å²) in [6.07, 6.45) is 2.86. The van der Waals surface area contributed by atoms with Gasteiger partial charge in [-0.15, -0.1) is 12.6 Å². The highest BCUT2D eigenvalue weighted by atomic mass is 32.1. The summed E-state index contributed by atoms with van der Waals surface area (Å²) in [7, 11) is 0. The largest absolute Gasteiger partial charge is 0.260 e. The molecule has 0 amide bonds. The van der Waals surface area contributed by atoms with Gasteiger partial charge in [-0.05, 0) is 25.0 Å². The summed E-state index contributed by atoms with van der Waals surface area (Å²) in [5.41, 5.74) is 2.16. The van der Waals surface area contributed by atoms with Crippen molar-refractivity contribution in [2.45, 2.75) is 25.2 Å². The number of hydrogen-bond donors (Lipinski definition) is 1. The van der Waals surface area contributed by atoms with Crippen molar-refractivity contribution in [3.05, 3.63) is 23.8 Å². The van der Waals surface area contributed by atoms with Crippen LogP contribution in [0.15, 0.2) is 28.1 Å². The Labute approximate surface area is 78.9 Å². The SMILES string of the molecule is CCC=Nc1c(C)cccc1S. The molecule has 12 heavy (non-hydrogen) atoms. The predicted molar refractivity (Wildman–Crippen MR) is 56.9 cm³/mol. The van der Waals surface area contributed by atoms with E-state index in [1.807, 2.05) is 31.3 Å². The molecule has 1 aromatic rings. The fourth-order valence-electron chi connectivity index (χ4n) is 0.994. The first-order chi connectivity index (χ1) is 5.75. The Kier molecular flexibility index (Phi) is 3.35. The van der Waals surface area contributed by atoms with Crippen LogP contribution in [-0.4, -0.2) is 6.21 Å². The van der Waals surface area contributed by atoms with Crippen LogP contribution in [0.4, 0.5) is 5.69 Å². The minimum Gasteiger partial charge on any atom is -0.260 e. The molecule has 0 saturated carbocycles. The van der Waals surface area contributed by atoms with Crippen molar-refractivity contribution in [1.82, 2.24) is 0 Å². The molecule has 0 aliphatic carbocycles. The molecule has 2 heteroatoms. The lowest BCUT2D eigenvalue weighted by Gasteiger charge is -2.01. The van der Waals surface area contributed by atoms with Crippen molar-refractivity contribution in [3.8, 4) is 0 Å². The Balaban J connectivity index is 3.04. The molecular formula is C10H13NS. The third-order valence-corrected chi connectivity index (χ3v) is 1.98. The lowest BCUT2D eigenvalue weighted by Crippen LogP contribution is -1.77. The lowest BCUT2D eigenvalue weighted by atomic mass is 10.2. The van der Waals surface area contributed by atoms with Crippen molar-refractivity contribution >= 4 is 24.5 Å². The third kappa shape index (κ3) is 2.11. The molecule has 0 bridgehead atoms. The molecule has 0 spiro atoms. The van der Waals surface area contributed by atoms with Crippen LogP contribution in [0.25, 0.3) is 0 Å². The summed E-state index contributed by atoms with van der Waals surface area (Å²) in [5.74, 6) is 0. The molecule has 0 aliphatic rings. The molecule has 0 radical (unpaired) electrons. The fourth-order valence-corrected chi connectivity index (χ4v) is 1.31. The van der Waals surface area contributed by atoms with Crippen molar-refractivity contribution < 1.29 is 0 Å². The summed E-state index contributed by atoms with van der Waals surface area (Å²) in [6, 6.07) is 5.99. The zero-order chi connectivity index (χ0) is 8.97. The molecular weight excluding hydrogens is 166 g/mol. The van der Waals surface area contributed by atoms with Crippen molar-refractivity contribution in [3.63, 3.8) is 0 Å². The van der Waals surface area contributed by atoms with E-state index in [0.29, 0.717) is 0 Å². The van der Waals surface area contributed by atoms with E-state index in [-0.39, 0.29) is 0 Å². The maximum absolute atomic E-state index is 4.33. The second-order valence-electron chi connectivity index (χ2n) is 2.66. The van der Waals surface area contributed by atoms with Gasteiger partial charge in [-0.1, -0.05) is 19.1 Å². The molecule has 1 aromatic carbocycles. The van der Waals surface area contributed by atoms with E-state index in [9.17, 15) is 0 Å². The highest BCUT2D eigenvalue weighted by Gasteiger charge is 1.97. The van der Waals surface area contributed by atoms with Gasteiger partial charge in [0, 0.05) is 11.1 Å². The van der Waals surface area contributed by atoms with Gasteiger partial charge >= 0.3 is 0 Å². The van der Waals surface area contributed by atoms with E-state index in [1.165, 1.54) is 5.56 Å². The van der Waals surface area contributed by atoms with Crippen LogP contribution in [0.1, 0.15) is 18.9 Å². The molecule has 1 nitrogen and oxygen atoms in total. The highest BCUT2D eigenvalue weighted by Crippen LogP contribution is 2.26. The Morgan fingerprint density at radius 1 is 1.50 bits per heavy atom. The van der Waals surface area contributed by atoms with Gasteiger partial charge in [0.25, 0.3) is 0 Å². The lowest BCUT2D eigenvalue weighted by molar-refractivity contribution is 1.27. The summed E-state index contributed by atoms with van der Waals surface area (Å²) >= 11 is 4.33. The van der Waals surface area contributed by atoms with Crippen LogP contribution in [0.5, 0.6) is 0 Å². The number of rotatable bonds is 2. The number of para-hydroxylation sites is 1. The first-order valence-electron chi connectivity index (χ1n) is 4.06. The second kappa shape index (κ2) is 4.31. The number of thiol groups is 1. The Bertz CT molecular complexity index is 272. The van der Waals surface area contributed by atoms with Gasteiger partial charge in [0.2, 0.25) is 0 Å². The normalized spacial score (nSPS) is 10.9. The van der Waals surface area contributed by atoms with Crippen LogP contribution in [0.3, 0.4) is 0 Å². The number of hydrogen-bond acceptors (Lipinski definition) is 2. The van der Waals surface area contributed by atoms with Crippen LogP contribution in [0, 0.1) is 6.92 Å². The zero-order valence-corrected chi connectivity index (χ0v) is 8.31. The minimum atomic E-state index is 0.944. The molecule has 0 fully saturated rings. The van der Waals surface area contributed by atoms with Gasteiger partial charge in [-0.25, -0.2) is 0 Å². The molecule has 0 heterocycles. The van der Waals surface area contributed by atoms with Gasteiger partial charge in [-0.2, -0.15) is 0 Å². The number of benzene rings is 1. The maximum atomic E-state index is 4.33. The van der Waals surface area contributed by atoms with Crippen LogP contribution in [0.2, 0.25) is 0 Å². The average Bonchev–Trinajstić information content (AvgIpc) is 2.04. The number of nitrogens with zero attached hydrogens (tertiary/aromatic N) is 1. The van der Waals surface area contributed by atoms with E-state index in [1.54, 1.807) is 0 Å². The summed E-state index contributed by atoms with van der Waals surface area (Å²) < 4.78 is 0. The van der Waals surface area contributed by atoms with E-state index >= 15 is 0 Å². The van der Waals surface area contributed by atoms with Gasteiger partial charge < -0.3 is 0 Å². The molecule has 0 atom stereocenters. The second-order valence-corrected chi connectivity index (χ2v) is 3.14. The monoisotopic (exact) mass is 179 g/mol. The van der Waals surface area contributed by atoms with Crippen molar-refractivity contribution in [1.29, 1.82) is 0 Å². The number of aliphatic imine (C=N–C) groups is 1. The Morgan fingerprint density at radius 2 is 2.25 bits per heavy atom. The van der Waals surface area contributed by atoms with Crippen molar-refractivity contribution in [2.75, 3.05) is 0 Å². The standard InChI is InChI=1S/C10H13NS/c1-3-7-11-10-8(2)5-4-6-9(10)12/h4-7,12H,3H2,1-2H3. The minimum absolute atomic E-state index is 0.944. The van der Waals surface area contributed by atoms with E-state index < -0.39 is 0 Å². The molecule has 0 aromatic heterocycles. The topological polar surface area (TPSA) is 12.4 Å². The van der Waals surface area contributed by atoms with Crippen LogP contribution < -0.4 is 0 Å². The predicted octanol–water partition coefficient (Wildman–Crippen LogP) is 3.40. The van der Waals surface area contributed by atoms with E-state index in [4.69, 9.17) is 0 Å². The summed E-state index contributed by atoms with van der Waals surface area (Å²) in [5, 5.41) is 0. The summed E-state index contributed by atoms with van der Waals surface area (Å²) in [6.45, 7) is 4.11. The summed E-state index contributed by atoms with van der Waals surface area (Å²) in [4.78, 5) is 5.27. The molecule has 64 valence electrons. The van der Waals surface area contributed by atoms with Crippen LogP contribution in [-0.2, 0) is 0 Å². The molecule has 0 N–H and O–H groups in total. The fraction of sp³-hybridized carbons (Fsp3) is 0.300. The number of aryl methyl sites for hydroxylation is 1. The smallest absolute Gasteiger partial charge is 0.0787 e. The first-order valence-corrected chi connectivity index (χ1v) is 4.51. The van der Waals surface area contributed by atoms with Gasteiger partial charge in [0.15, 0.2) is 0 Å². The Morgan fingerprint density at radius 3 is 2.83 bits per heavy atom. The Hall–Kier alpha value is -0.760.